The van der Waals surface area contributed by atoms with Crippen molar-refractivity contribution in [2.75, 3.05) is 4.90 Å². The molecule has 5 rings (SSSR count). The number of carbonyl (C=O) groups is 4. The SMILES string of the molecule is O=C1C[C@H](NC(=O)[C@@H]2Cc3cccc4c3N2C(=O)C(NC(=O)OCc2ccccc2)CC4)C(O)O1. The molecule has 3 aliphatic rings. The number of nitrogens with one attached hydrogen (secondary N) is 2. The van der Waals surface area contributed by atoms with Crippen molar-refractivity contribution in [2.45, 2.75) is 56.7 Å². The van der Waals surface area contributed by atoms with Gasteiger partial charge in [0.1, 0.15) is 24.7 Å². The van der Waals surface area contributed by atoms with Crippen molar-refractivity contribution in [3.8, 4) is 0 Å². The zero-order valence-electron chi connectivity index (χ0n) is 18.8. The molecule has 0 aromatic heterocycles. The number of amides is 3. The van der Waals surface area contributed by atoms with Crippen molar-refractivity contribution in [1.29, 1.82) is 0 Å². The fourth-order valence-electron chi connectivity index (χ4n) is 4.83. The van der Waals surface area contributed by atoms with E-state index in [4.69, 9.17) is 9.47 Å². The van der Waals surface area contributed by atoms with E-state index in [0.29, 0.717) is 18.5 Å². The molecule has 0 radical (unpaired) electrons. The molecule has 3 amide bonds. The number of nitrogens with zero attached hydrogens (tertiary/aromatic N) is 1. The second-order valence-electron chi connectivity index (χ2n) is 8.85. The average molecular weight is 479 g/mol. The van der Waals surface area contributed by atoms with Crippen LogP contribution in [0, 0.1) is 0 Å². The standard InChI is InChI=1S/C25H25N3O7/c29-20-12-18(24(32)35-20)26-22(30)19-11-16-8-4-7-15-9-10-17(23(31)28(19)21(15)16)27-25(33)34-13-14-5-2-1-3-6-14/h1-8,17-19,24,32H,9-13H2,(H,26,30)(H,27,33)/t17?,18-,19-,24?/m0/s1. The van der Waals surface area contributed by atoms with E-state index in [1.165, 1.54) is 4.90 Å². The van der Waals surface area contributed by atoms with Crippen LogP contribution in [0.2, 0.25) is 0 Å². The zero-order chi connectivity index (χ0) is 24.5. The summed E-state index contributed by atoms with van der Waals surface area (Å²) in [6.07, 6.45) is -1.13. The van der Waals surface area contributed by atoms with Gasteiger partial charge in [0.25, 0.3) is 0 Å². The Bertz CT molecular complexity index is 1170. The molecule has 2 aromatic rings. The maximum atomic E-state index is 13.6. The highest BCUT2D eigenvalue weighted by atomic mass is 16.6. The van der Waals surface area contributed by atoms with Crippen LogP contribution in [0.4, 0.5) is 10.5 Å². The van der Waals surface area contributed by atoms with E-state index in [2.05, 4.69) is 10.6 Å². The van der Waals surface area contributed by atoms with Gasteiger partial charge < -0.3 is 25.2 Å². The van der Waals surface area contributed by atoms with Gasteiger partial charge in [-0.15, -0.1) is 0 Å². The van der Waals surface area contributed by atoms with Gasteiger partial charge >= 0.3 is 12.1 Å². The van der Waals surface area contributed by atoms with E-state index in [-0.39, 0.29) is 19.4 Å². The molecule has 10 nitrogen and oxygen atoms in total. The third-order valence-corrected chi connectivity index (χ3v) is 6.52. The van der Waals surface area contributed by atoms with Crippen LogP contribution in [0.25, 0.3) is 0 Å². The smallest absolute Gasteiger partial charge is 0.408 e. The van der Waals surface area contributed by atoms with Crippen LogP contribution in [-0.4, -0.2) is 53.4 Å². The number of para-hydroxylation sites is 1. The molecule has 10 heteroatoms. The molecule has 0 saturated carbocycles. The monoisotopic (exact) mass is 479 g/mol. The molecule has 1 saturated heterocycles. The number of ether oxygens (including phenoxy) is 2. The molecule has 3 aliphatic heterocycles. The Morgan fingerprint density at radius 2 is 1.80 bits per heavy atom. The first kappa shape index (κ1) is 22.9. The van der Waals surface area contributed by atoms with E-state index >= 15 is 0 Å². The van der Waals surface area contributed by atoms with Crippen LogP contribution in [-0.2, 0) is 43.3 Å². The fraction of sp³-hybridized carbons (Fsp3) is 0.360. The van der Waals surface area contributed by atoms with Crippen LogP contribution >= 0.6 is 0 Å². The van der Waals surface area contributed by atoms with Crippen LogP contribution in [0.1, 0.15) is 29.5 Å². The quantitative estimate of drug-likeness (QED) is 0.543. The number of aryl methyl sites for hydroxylation is 1. The summed E-state index contributed by atoms with van der Waals surface area (Å²) in [4.78, 5) is 52.1. The summed E-state index contributed by atoms with van der Waals surface area (Å²) in [5.74, 6) is -1.52. The van der Waals surface area contributed by atoms with E-state index in [9.17, 15) is 24.3 Å². The van der Waals surface area contributed by atoms with Gasteiger partial charge in [-0.05, 0) is 29.5 Å². The Labute approximate surface area is 201 Å². The Morgan fingerprint density at radius 1 is 1.03 bits per heavy atom. The van der Waals surface area contributed by atoms with Gasteiger partial charge in [0.15, 0.2) is 0 Å². The Balaban J connectivity index is 1.32. The minimum absolute atomic E-state index is 0.0667. The predicted octanol–water partition coefficient (Wildman–Crippen LogP) is 0.936. The second kappa shape index (κ2) is 9.38. The summed E-state index contributed by atoms with van der Waals surface area (Å²) in [6.45, 7) is 0.0667. The molecule has 182 valence electrons. The normalized spacial score (nSPS) is 24.9. The first-order chi connectivity index (χ1) is 16.9. The number of rotatable bonds is 5. The Morgan fingerprint density at radius 3 is 2.54 bits per heavy atom. The number of aliphatic hydroxyl groups is 1. The van der Waals surface area contributed by atoms with Crippen LogP contribution in [0.3, 0.4) is 0 Å². The number of cyclic esters (lactones) is 1. The lowest BCUT2D eigenvalue weighted by Gasteiger charge is -2.28. The summed E-state index contributed by atoms with van der Waals surface area (Å²) in [7, 11) is 0. The minimum Gasteiger partial charge on any atom is -0.445 e. The second-order valence-corrected chi connectivity index (χ2v) is 8.85. The highest BCUT2D eigenvalue weighted by molar-refractivity contribution is 6.07. The summed E-state index contributed by atoms with van der Waals surface area (Å²) in [6, 6.07) is 12.2. The maximum absolute atomic E-state index is 13.6. The van der Waals surface area contributed by atoms with Crippen molar-refractivity contribution >= 4 is 29.6 Å². The van der Waals surface area contributed by atoms with Crippen LogP contribution in [0.15, 0.2) is 48.5 Å². The van der Waals surface area contributed by atoms with Crippen molar-refractivity contribution < 1.29 is 33.8 Å². The van der Waals surface area contributed by atoms with Gasteiger partial charge in [0.05, 0.1) is 12.1 Å². The molecule has 2 aromatic carbocycles. The number of alkyl carbamates (subject to hydrolysis) is 1. The highest BCUT2D eigenvalue weighted by Gasteiger charge is 2.45. The van der Waals surface area contributed by atoms with Crippen molar-refractivity contribution in [3.63, 3.8) is 0 Å². The first-order valence-electron chi connectivity index (χ1n) is 11.5. The summed E-state index contributed by atoms with van der Waals surface area (Å²) < 4.78 is 9.99. The van der Waals surface area contributed by atoms with Crippen molar-refractivity contribution in [1.82, 2.24) is 10.6 Å². The molecule has 1 fully saturated rings. The lowest BCUT2D eigenvalue weighted by molar-refractivity contribution is -0.155. The van der Waals surface area contributed by atoms with Crippen molar-refractivity contribution in [2.24, 2.45) is 0 Å². The van der Waals surface area contributed by atoms with E-state index in [0.717, 1.165) is 16.7 Å². The average Bonchev–Trinajstić information content (AvgIpc) is 3.35. The number of benzene rings is 2. The van der Waals surface area contributed by atoms with Crippen LogP contribution < -0.4 is 15.5 Å². The van der Waals surface area contributed by atoms with E-state index in [1.54, 1.807) is 0 Å². The number of esters is 1. The summed E-state index contributed by atoms with van der Waals surface area (Å²) in [5, 5.41) is 15.2. The topological polar surface area (TPSA) is 134 Å². The third kappa shape index (κ3) is 4.57. The number of aliphatic hydroxyl groups excluding tert-OH is 1. The Kier molecular flexibility index (Phi) is 6.12. The largest absolute Gasteiger partial charge is 0.445 e. The van der Waals surface area contributed by atoms with Gasteiger partial charge in [0, 0.05) is 6.42 Å². The number of carbonyl (C=O) groups excluding carboxylic acids is 4. The molecular formula is C25H25N3O7. The van der Waals surface area contributed by atoms with Crippen LogP contribution in [0.5, 0.6) is 0 Å². The lowest BCUT2D eigenvalue weighted by atomic mass is 10.0. The van der Waals surface area contributed by atoms with Gasteiger partial charge in [-0.25, -0.2) is 4.79 Å². The Hall–Kier alpha value is -3.92. The molecule has 0 spiro atoms. The molecular weight excluding hydrogens is 454 g/mol. The molecule has 2 unspecified atom stereocenters. The minimum atomic E-state index is -1.43. The zero-order valence-corrected chi connectivity index (χ0v) is 18.8. The third-order valence-electron chi connectivity index (χ3n) is 6.52. The summed E-state index contributed by atoms with van der Waals surface area (Å²) in [5.41, 5.74) is 3.26. The lowest BCUT2D eigenvalue weighted by Crippen LogP contribution is -2.56. The predicted molar refractivity (Wildman–Crippen MR) is 122 cm³/mol. The first-order valence-corrected chi connectivity index (χ1v) is 11.5. The van der Waals surface area contributed by atoms with Gasteiger partial charge in [-0.1, -0.05) is 48.5 Å². The van der Waals surface area contributed by atoms with Gasteiger partial charge in [-0.2, -0.15) is 0 Å². The van der Waals surface area contributed by atoms with E-state index < -0.39 is 48.3 Å². The van der Waals surface area contributed by atoms with Crippen molar-refractivity contribution in [3.05, 3.63) is 65.2 Å². The summed E-state index contributed by atoms with van der Waals surface area (Å²) >= 11 is 0. The molecule has 3 N–H and O–H groups in total. The molecule has 4 atom stereocenters. The van der Waals surface area contributed by atoms with E-state index in [1.807, 2.05) is 48.5 Å². The maximum Gasteiger partial charge on any atom is 0.408 e. The van der Waals surface area contributed by atoms with Gasteiger partial charge in [0.2, 0.25) is 18.1 Å². The molecule has 0 bridgehead atoms. The number of hydrogen-bond donors (Lipinski definition) is 3. The molecule has 0 aliphatic carbocycles. The highest BCUT2D eigenvalue weighted by Crippen LogP contribution is 2.39. The number of hydrogen-bond acceptors (Lipinski definition) is 7. The van der Waals surface area contributed by atoms with Gasteiger partial charge in [-0.3, -0.25) is 19.3 Å². The molecule has 3 heterocycles. The molecule has 35 heavy (non-hydrogen) atoms. The fourth-order valence-corrected chi connectivity index (χ4v) is 4.83. The number of anilines is 1.